The van der Waals surface area contributed by atoms with E-state index in [0.29, 0.717) is 45.2 Å². The molecule has 5 amide bonds. The Morgan fingerprint density at radius 3 is 2.12 bits per heavy atom. The number of carbonyl (C=O) groups is 5. The Bertz CT molecular complexity index is 2090. The van der Waals surface area contributed by atoms with E-state index in [0.717, 1.165) is 28.2 Å². The first-order chi connectivity index (χ1) is 27.8. The van der Waals surface area contributed by atoms with Gasteiger partial charge in [0, 0.05) is 25.7 Å². The molecular weight excluding hydrogens is 725 g/mol. The summed E-state index contributed by atoms with van der Waals surface area (Å²) in [6, 6.07) is 32.9. The number of hydrogen-bond acceptors (Lipinski definition) is 9. The number of rotatable bonds is 19. The van der Waals surface area contributed by atoms with E-state index in [1.54, 1.807) is 30.1 Å². The number of fused-ring (bicyclic) bond motifs is 1. The molecule has 1 fully saturated rings. The van der Waals surface area contributed by atoms with Gasteiger partial charge in [0.05, 0.1) is 50.5 Å². The topological polar surface area (TPSA) is 144 Å². The van der Waals surface area contributed by atoms with Crippen molar-refractivity contribution in [1.82, 2.24) is 15.1 Å². The fourth-order valence-corrected chi connectivity index (χ4v) is 7.02. The van der Waals surface area contributed by atoms with Crippen LogP contribution in [0.2, 0.25) is 0 Å². The maximum atomic E-state index is 13.2. The molecular formula is C45H48N4O8. The van der Waals surface area contributed by atoms with Crippen molar-refractivity contribution in [2.75, 3.05) is 58.5 Å². The van der Waals surface area contributed by atoms with Crippen LogP contribution in [-0.2, 0) is 23.9 Å². The Hall–Kier alpha value is -6.11. The van der Waals surface area contributed by atoms with E-state index in [1.807, 2.05) is 24.3 Å². The number of imide groups is 2. The van der Waals surface area contributed by atoms with E-state index in [-0.39, 0.29) is 42.9 Å². The lowest BCUT2D eigenvalue weighted by molar-refractivity contribution is -0.136. The van der Waals surface area contributed by atoms with Crippen molar-refractivity contribution in [2.45, 2.75) is 38.6 Å². The maximum Gasteiger partial charge on any atom is 0.264 e. The Morgan fingerprint density at radius 2 is 1.44 bits per heavy atom. The molecule has 296 valence electrons. The Morgan fingerprint density at radius 1 is 0.772 bits per heavy atom. The minimum Gasteiger partial charge on any atom is -0.492 e. The van der Waals surface area contributed by atoms with E-state index < -0.39 is 29.7 Å². The molecule has 2 N–H and O–H groups in total. The molecule has 0 aromatic heterocycles. The highest BCUT2D eigenvalue weighted by atomic mass is 16.5. The molecule has 0 radical (unpaired) electrons. The van der Waals surface area contributed by atoms with Crippen molar-refractivity contribution >= 4 is 46.4 Å². The first-order valence-electron chi connectivity index (χ1n) is 19.3. The highest BCUT2D eigenvalue weighted by molar-refractivity contribution is 6.25. The van der Waals surface area contributed by atoms with Crippen LogP contribution >= 0.6 is 0 Å². The molecule has 2 aliphatic heterocycles. The molecule has 12 nitrogen and oxygen atoms in total. The molecule has 0 spiro atoms. The molecule has 0 bridgehead atoms. The Labute approximate surface area is 332 Å². The molecule has 0 aliphatic carbocycles. The SMILES string of the molecule is CC/C(=C(\c1ccccc1)c1ccc(OCCN(C)C(=O)CCOCCOCCNc2cccc3c2C(=O)N(C2CCC(=O)NC2=O)C3=O)cc1)c1ccccc1. The number of benzene rings is 4. The average molecular weight is 773 g/mol. The van der Waals surface area contributed by atoms with Gasteiger partial charge in [-0.05, 0) is 64.9 Å². The average Bonchev–Trinajstić information content (AvgIpc) is 3.49. The molecule has 4 aromatic carbocycles. The van der Waals surface area contributed by atoms with Crippen LogP contribution in [0.25, 0.3) is 11.1 Å². The van der Waals surface area contributed by atoms with Gasteiger partial charge < -0.3 is 24.4 Å². The van der Waals surface area contributed by atoms with Crippen LogP contribution in [0.5, 0.6) is 5.75 Å². The molecule has 2 aliphatic rings. The molecule has 1 atom stereocenters. The normalized spacial score (nSPS) is 15.5. The molecule has 1 unspecified atom stereocenters. The predicted octanol–water partition coefficient (Wildman–Crippen LogP) is 5.83. The molecule has 0 saturated carbocycles. The largest absolute Gasteiger partial charge is 0.492 e. The fourth-order valence-electron chi connectivity index (χ4n) is 7.02. The first kappa shape index (κ1) is 40.6. The molecule has 6 rings (SSSR count). The second-order valence-corrected chi connectivity index (χ2v) is 13.7. The summed E-state index contributed by atoms with van der Waals surface area (Å²) in [5.41, 5.74) is 6.80. The van der Waals surface area contributed by atoms with Crippen LogP contribution in [0.15, 0.2) is 103 Å². The van der Waals surface area contributed by atoms with E-state index >= 15 is 0 Å². The number of carbonyl (C=O) groups excluding carboxylic acids is 5. The summed E-state index contributed by atoms with van der Waals surface area (Å²) in [6.45, 7) is 4.48. The summed E-state index contributed by atoms with van der Waals surface area (Å²) in [5, 5.41) is 5.34. The minimum absolute atomic E-state index is 0.0516. The molecule has 2 heterocycles. The Balaban J connectivity index is 0.872. The third-order valence-electron chi connectivity index (χ3n) is 9.97. The maximum absolute atomic E-state index is 13.2. The first-order valence-corrected chi connectivity index (χ1v) is 19.3. The van der Waals surface area contributed by atoms with Crippen LogP contribution in [0.3, 0.4) is 0 Å². The Kier molecular flexibility index (Phi) is 14.0. The summed E-state index contributed by atoms with van der Waals surface area (Å²) < 4.78 is 17.3. The van der Waals surface area contributed by atoms with Crippen LogP contribution < -0.4 is 15.4 Å². The highest BCUT2D eigenvalue weighted by Crippen LogP contribution is 2.35. The lowest BCUT2D eigenvalue weighted by Gasteiger charge is -2.27. The minimum atomic E-state index is -1.02. The van der Waals surface area contributed by atoms with Gasteiger partial charge in [0.15, 0.2) is 0 Å². The van der Waals surface area contributed by atoms with Gasteiger partial charge in [-0.1, -0.05) is 85.8 Å². The van der Waals surface area contributed by atoms with Crippen molar-refractivity contribution in [3.63, 3.8) is 0 Å². The summed E-state index contributed by atoms with van der Waals surface area (Å²) in [5.74, 6) is -1.52. The summed E-state index contributed by atoms with van der Waals surface area (Å²) in [4.78, 5) is 65.4. The molecule has 4 aromatic rings. The zero-order chi connectivity index (χ0) is 40.1. The van der Waals surface area contributed by atoms with Crippen molar-refractivity contribution in [3.05, 3.63) is 131 Å². The van der Waals surface area contributed by atoms with Gasteiger partial charge in [-0.2, -0.15) is 0 Å². The number of nitrogens with zero attached hydrogens (tertiary/aromatic N) is 2. The molecule has 57 heavy (non-hydrogen) atoms. The van der Waals surface area contributed by atoms with E-state index in [2.05, 4.69) is 78.2 Å². The van der Waals surface area contributed by atoms with Gasteiger partial charge in [0.25, 0.3) is 11.8 Å². The summed E-state index contributed by atoms with van der Waals surface area (Å²) >= 11 is 0. The van der Waals surface area contributed by atoms with E-state index in [4.69, 9.17) is 14.2 Å². The monoisotopic (exact) mass is 772 g/mol. The number of nitrogens with one attached hydrogen (secondary N) is 2. The van der Waals surface area contributed by atoms with E-state index in [1.165, 1.54) is 16.7 Å². The van der Waals surface area contributed by atoms with Crippen LogP contribution in [0, 0.1) is 0 Å². The second kappa shape index (κ2) is 19.7. The van der Waals surface area contributed by atoms with Gasteiger partial charge >= 0.3 is 0 Å². The van der Waals surface area contributed by atoms with Crippen LogP contribution in [-0.4, -0.2) is 98.5 Å². The lowest BCUT2D eigenvalue weighted by Crippen LogP contribution is -2.54. The summed E-state index contributed by atoms with van der Waals surface area (Å²) in [6.07, 6.45) is 1.26. The number of amides is 5. The van der Waals surface area contributed by atoms with Crippen molar-refractivity contribution in [2.24, 2.45) is 0 Å². The van der Waals surface area contributed by atoms with Gasteiger partial charge in [-0.15, -0.1) is 0 Å². The third kappa shape index (κ3) is 10.0. The van der Waals surface area contributed by atoms with Gasteiger partial charge in [0.2, 0.25) is 17.7 Å². The van der Waals surface area contributed by atoms with Gasteiger partial charge in [-0.25, -0.2) is 0 Å². The molecule has 1 saturated heterocycles. The third-order valence-corrected chi connectivity index (χ3v) is 9.97. The number of piperidine rings is 1. The highest BCUT2D eigenvalue weighted by Gasteiger charge is 2.45. The van der Waals surface area contributed by atoms with Gasteiger partial charge in [-0.3, -0.25) is 34.2 Å². The smallest absolute Gasteiger partial charge is 0.264 e. The van der Waals surface area contributed by atoms with Crippen molar-refractivity contribution in [3.8, 4) is 5.75 Å². The standard InChI is InChI=1S/C45H48N4O8/c1-3-35(31-11-6-4-7-12-31)41(32-13-8-5-9-14-32)33-17-19-34(20-18-33)57-28-25-48(2)40(51)23-26-55-29-30-56-27-24-46-37-16-10-15-36-42(37)45(54)49(44(36)53)38-21-22-39(50)47-43(38)52/h4-20,38,46H,3,21-30H2,1-2H3,(H,47,50,52)/b41-35-. The second-order valence-electron chi connectivity index (χ2n) is 13.7. The van der Waals surface area contributed by atoms with E-state index in [9.17, 15) is 24.0 Å². The number of allylic oxidation sites excluding steroid dienone is 1. The molecule has 12 heteroatoms. The number of likely N-dealkylation sites (N-methyl/N-ethyl adjacent to an activating group) is 1. The number of anilines is 1. The summed E-state index contributed by atoms with van der Waals surface area (Å²) in [7, 11) is 1.75. The zero-order valence-corrected chi connectivity index (χ0v) is 32.3. The van der Waals surface area contributed by atoms with Crippen LogP contribution in [0.4, 0.5) is 5.69 Å². The van der Waals surface area contributed by atoms with Crippen molar-refractivity contribution < 1.29 is 38.2 Å². The van der Waals surface area contributed by atoms with Crippen LogP contribution in [0.1, 0.15) is 70.0 Å². The zero-order valence-electron chi connectivity index (χ0n) is 32.3. The predicted molar refractivity (Wildman–Crippen MR) is 217 cm³/mol. The quantitative estimate of drug-likeness (QED) is 0.0684. The number of ether oxygens (including phenoxy) is 3. The number of hydrogen-bond donors (Lipinski definition) is 2. The lowest BCUT2D eigenvalue weighted by atomic mass is 9.88. The van der Waals surface area contributed by atoms with Gasteiger partial charge in [0.1, 0.15) is 18.4 Å². The fraction of sp³-hybridized carbons (Fsp3) is 0.311. The van der Waals surface area contributed by atoms with Crippen molar-refractivity contribution in [1.29, 1.82) is 0 Å².